The molecule has 4 atom stereocenters. The van der Waals surface area contributed by atoms with Gasteiger partial charge in [0.2, 0.25) is 0 Å². The Balaban J connectivity index is 2.86. The topological polar surface area (TPSA) is 140 Å². The van der Waals surface area contributed by atoms with Crippen LogP contribution in [0.25, 0.3) is 0 Å². The molecule has 0 aliphatic heterocycles. The van der Waals surface area contributed by atoms with E-state index < -0.39 is 41.8 Å². The normalized spacial score (nSPS) is 14.3. The molecule has 0 heterocycles. The van der Waals surface area contributed by atoms with Gasteiger partial charge in [0, 0.05) is 12.8 Å². The fraction of sp³-hybridized carbons (Fsp3) is 0.667. The van der Waals surface area contributed by atoms with Crippen molar-refractivity contribution in [1.29, 1.82) is 0 Å². The van der Waals surface area contributed by atoms with Gasteiger partial charge in [0.25, 0.3) is 0 Å². The lowest BCUT2D eigenvalue weighted by molar-refractivity contribution is -0.148. The van der Waals surface area contributed by atoms with Crippen molar-refractivity contribution < 1.29 is 42.9 Å². The van der Waals surface area contributed by atoms with Gasteiger partial charge in [-0.3, -0.25) is 14.4 Å². The third-order valence-electron chi connectivity index (χ3n) is 6.61. The molecular weight excluding hydrogens is 518 g/mol. The van der Waals surface area contributed by atoms with Crippen LogP contribution in [0.4, 0.5) is 4.79 Å². The van der Waals surface area contributed by atoms with Crippen LogP contribution in [-0.2, 0) is 35.0 Å². The largest absolute Gasteiger partial charge is 0.509 e. The molecule has 2 unspecified atom stereocenters. The first-order chi connectivity index (χ1) is 18.7. The van der Waals surface area contributed by atoms with E-state index in [1.165, 1.54) is 12.1 Å². The van der Waals surface area contributed by atoms with Gasteiger partial charge < -0.3 is 29.4 Å². The minimum Gasteiger partial charge on any atom is -0.461 e. The highest BCUT2D eigenvalue weighted by Gasteiger charge is 2.24. The van der Waals surface area contributed by atoms with Gasteiger partial charge in [-0.1, -0.05) is 53.5 Å². The van der Waals surface area contributed by atoms with Gasteiger partial charge in [-0.25, -0.2) is 4.79 Å². The van der Waals surface area contributed by atoms with Crippen LogP contribution in [0.2, 0.25) is 0 Å². The van der Waals surface area contributed by atoms with Crippen molar-refractivity contribution in [2.45, 2.75) is 112 Å². The molecule has 1 aromatic carbocycles. The van der Waals surface area contributed by atoms with E-state index >= 15 is 0 Å². The Morgan fingerprint density at radius 3 is 1.95 bits per heavy atom. The van der Waals surface area contributed by atoms with E-state index in [1.807, 2.05) is 34.6 Å². The number of ether oxygens (including phenoxy) is 5. The van der Waals surface area contributed by atoms with Gasteiger partial charge in [-0.15, -0.1) is 0 Å². The van der Waals surface area contributed by atoms with Crippen molar-refractivity contribution in [3.8, 4) is 11.5 Å². The van der Waals surface area contributed by atoms with Gasteiger partial charge in [-0.05, 0) is 63.1 Å². The number of benzene rings is 1. The highest BCUT2D eigenvalue weighted by atomic mass is 16.7. The van der Waals surface area contributed by atoms with E-state index in [4.69, 9.17) is 29.4 Å². The summed E-state index contributed by atoms with van der Waals surface area (Å²) in [7, 11) is 0. The molecule has 10 heteroatoms. The quantitative estimate of drug-likeness (QED) is 0.201. The van der Waals surface area contributed by atoms with Crippen molar-refractivity contribution >= 4 is 24.1 Å². The molecule has 0 radical (unpaired) electrons. The molecule has 0 spiro atoms. The fourth-order valence-electron chi connectivity index (χ4n) is 3.19. The Morgan fingerprint density at radius 1 is 0.875 bits per heavy atom. The standard InChI is InChI=1S/C30H47NO9/c1-9-19(4)14-26(32)38-24-13-12-22(17-25(24)39-27(33)15-20(5)10-2)16-23(31)28(34)36-18-21(6)37-29(35)40-30(7,8)11-3/h12-13,17,19-21,23H,9-11,14-16,18,31H2,1-8H3/t19?,20?,21-,23-/m0/s1. The Bertz CT molecular complexity index is 991. The molecule has 226 valence electrons. The number of rotatable bonds is 16. The summed E-state index contributed by atoms with van der Waals surface area (Å²) in [6.45, 7) is 14.6. The van der Waals surface area contributed by atoms with Crippen molar-refractivity contribution in [2.75, 3.05) is 6.61 Å². The van der Waals surface area contributed by atoms with Gasteiger partial charge in [0.15, 0.2) is 11.5 Å². The maximum Gasteiger partial charge on any atom is 0.509 e. The van der Waals surface area contributed by atoms with Crippen LogP contribution in [0.15, 0.2) is 18.2 Å². The molecule has 10 nitrogen and oxygen atoms in total. The lowest BCUT2D eigenvalue weighted by Crippen LogP contribution is -2.36. The van der Waals surface area contributed by atoms with Crippen molar-refractivity contribution in [2.24, 2.45) is 17.6 Å². The van der Waals surface area contributed by atoms with Crippen LogP contribution < -0.4 is 15.2 Å². The summed E-state index contributed by atoms with van der Waals surface area (Å²) in [6, 6.07) is 3.65. The van der Waals surface area contributed by atoms with E-state index in [1.54, 1.807) is 26.8 Å². The van der Waals surface area contributed by atoms with E-state index in [-0.39, 0.29) is 49.2 Å². The maximum atomic E-state index is 12.5. The smallest absolute Gasteiger partial charge is 0.461 e. The molecule has 2 N–H and O–H groups in total. The molecule has 0 bridgehead atoms. The summed E-state index contributed by atoms with van der Waals surface area (Å²) in [6.07, 6.45) is 1.16. The number of hydrogen-bond acceptors (Lipinski definition) is 10. The average molecular weight is 566 g/mol. The zero-order chi connectivity index (χ0) is 30.5. The highest BCUT2D eigenvalue weighted by molar-refractivity contribution is 5.77. The molecule has 0 saturated heterocycles. The molecular formula is C30H47NO9. The van der Waals surface area contributed by atoms with Crippen LogP contribution in [0, 0.1) is 11.8 Å². The summed E-state index contributed by atoms with van der Waals surface area (Å²) in [4.78, 5) is 49.3. The predicted octanol–water partition coefficient (Wildman–Crippen LogP) is 5.51. The van der Waals surface area contributed by atoms with E-state index in [2.05, 4.69) is 0 Å². The molecule has 0 amide bonds. The second kappa shape index (κ2) is 16.8. The summed E-state index contributed by atoms with van der Waals surface area (Å²) in [5.74, 6) is -1.11. The summed E-state index contributed by atoms with van der Waals surface area (Å²) in [5, 5.41) is 0. The second-order valence-corrected chi connectivity index (χ2v) is 11.0. The van der Waals surface area contributed by atoms with Gasteiger partial charge in [0.05, 0.1) is 0 Å². The average Bonchev–Trinajstić information content (AvgIpc) is 2.87. The summed E-state index contributed by atoms with van der Waals surface area (Å²) >= 11 is 0. The molecule has 0 aromatic heterocycles. The minimum absolute atomic E-state index is 0.0673. The van der Waals surface area contributed by atoms with Gasteiger partial charge >= 0.3 is 24.1 Å². The lowest BCUT2D eigenvalue weighted by Gasteiger charge is -2.24. The number of hydrogen-bond donors (Lipinski definition) is 1. The first-order valence-corrected chi connectivity index (χ1v) is 14.1. The minimum atomic E-state index is -1.04. The van der Waals surface area contributed by atoms with E-state index in [0.717, 1.165) is 12.8 Å². The molecule has 0 aliphatic carbocycles. The third kappa shape index (κ3) is 13.3. The Morgan fingerprint density at radius 2 is 1.43 bits per heavy atom. The number of esters is 3. The second-order valence-electron chi connectivity index (χ2n) is 11.0. The van der Waals surface area contributed by atoms with Crippen LogP contribution in [0.3, 0.4) is 0 Å². The number of nitrogens with two attached hydrogens (primary N) is 1. The molecule has 0 saturated carbocycles. The SMILES string of the molecule is CCC(C)CC(=O)Oc1ccc(C[C@H](N)C(=O)OC[C@H](C)OC(=O)OC(C)(C)CC)cc1OC(=O)CC(C)CC. The van der Waals surface area contributed by atoms with Gasteiger partial charge in [0.1, 0.15) is 24.4 Å². The van der Waals surface area contributed by atoms with Gasteiger partial charge in [-0.2, -0.15) is 0 Å². The van der Waals surface area contributed by atoms with Crippen LogP contribution in [0.1, 0.15) is 93.1 Å². The molecule has 0 fully saturated rings. The Kier molecular flexibility index (Phi) is 14.7. The van der Waals surface area contributed by atoms with Crippen LogP contribution >= 0.6 is 0 Å². The molecule has 40 heavy (non-hydrogen) atoms. The molecule has 1 rings (SSSR count). The lowest BCUT2D eigenvalue weighted by atomic mass is 10.0. The van der Waals surface area contributed by atoms with Crippen LogP contribution in [-0.4, -0.2) is 48.4 Å². The first-order valence-electron chi connectivity index (χ1n) is 14.1. The number of carbonyl (C=O) groups excluding carboxylic acids is 4. The van der Waals surface area contributed by atoms with Crippen molar-refractivity contribution in [3.05, 3.63) is 23.8 Å². The fourth-order valence-corrected chi connectivity index (χ4v) is 3.19. The maximum absolute atomic E-state index is 12.5. The Labute approximate surface area is 238 Å². The first kappa shape index (κ1) is 34.9. The molecule has 0 aliphatic rings. The zero-order valence-corrected chi connectivity index (χ0v) is 25.2. The van der Waals surface area contributed by atoms with E-state index in [0.29, 0.717) is 12.0 Å². The Hall–Kier alpha value is -3.14. The van der Waals surface area contributed by atoms with Crippen molar-refractivity contribution in [1.82, 2.24) is 0 Å². The summed E-state index contributed by atoms with van der Waals surface area (Å²) < 4.78 is 26.6. The third-order valence-corrected chi connectivity index (χ3v) is 6.61. The molecule has 1 aromatic rings. The number of carbonyl (C=O) groups is 4. The van der Waals surface area contributed by atoms with E-state index in [9.17, 15) is 19.2 Å². The zero-order valence-electron chi connectivity index (χ0n) is 25.2. The van der Waals surface area contributed by atoms with Crippen molar-refractivity contribution in [3.63, 3.8) is 0 Å². The highest BCUT2D eigenvalue weighted by Crippen LogP contribution is 2.30. The monoisotopic (exact) mass is 565 g/mol. The summed E-state index contributed by atoms with van der Waals surface area (Å²) in [5.41, 5.74) is 5.97. The predicted molar refractivity (Wildman–Crippen MR) is 150 cm³/mol. The van der Waals surface area contributed by atoms with Crippen LogP contribution in [0.5, 0.6) is 11.5 Å².